The molecule has 1 aromatic heterocycles. The minimum absolute atomic E-state index is 0.0788. The molecule has 0 aliphatic rings. The maximum absolute atomic E-state index is 11.1. The lowest BCUT2D eigenvalue weighted by atomic mass is 9.99. The second kappa shape index (κ2) is 6.61. The molecule has 5 nitrogen and oxygen atoms in total. The molecular weight excluding hydrogens is 288 g/mol. The molecule has 1 rings (SSSR count). The Kier molecular flexibility index (Phi) is 5.67. The first-order valence-electron chi connectivity index (χ1n) is 6.28. The van der Waals surface area contributed by atoms with Crippen molar-refractivity contribution in [1.82, 2.24) is 9.78 Å². The monoisotopic (exact) mass is 308 g/mol. The van der Waals surface area contributed by atoms with Crippen molar-refractivity contribution < 1.29 is 13.2 Å². The van der Waals surface area contributed by atoms with Crippen molar-refractivity contribution in [1.29, 1.82) is 0 Å². The smallest absolute Gasteiger partial charge is 0.233 e. The predicted octanol–water partition coefficient (Wildman–Crippen LogP) is 2.68. The van der Waals surface area contributed by atoms with Gasteiger partial charge in [-0.2, -0.15) is 5.10 Å². The van der Waals surface area contributed by atoms with Crippen LogP contribution in [0.25, 0.3) is 0 Å². The van der Waals surface area contributed by atoms with Crippen molar-refractivity contribution in [2.45, 2.75) is 33.7 Å². The maximum atomic E-state index is 11.1. The van der Waals surface area contributed by atoms with Gasteiger partial charge in [-0.1, -0.05) is 13.8 Å². The van der Waals surface area contributed by atoms with Gasteiger partial charge in [-0.15, -0.1) is 0 Å². The van der Waals surface area contributed by atoms with Gasteiger partial charge in [0.15, 0.2) is 5.75 Å². The Balaban J connectivity index is 2.60. The number of ether oxygens (including phenoxy) is 1. The van der Waals surface area contributed by atoms with Crippen LogP contribution in [0.3, 0.4) is 0 Å². The predicted molar refractivity (Wildman–Crippen MR) is 76.1 cm³/mol. The summed E-state index contributed by atoms with van der Waals surface area (Å²) in [5.74, 6) is 0.606. The maximum Gasteiger partial charge on any atom is 0.233 e. The fourth-order valence-electron chi connectivity index (χ4n) is 1.57. The van der Waals surface area contributed by atoms with E-state index in [4.69, 9.17) is 15.4 Å². The van der Waals surface area contributed by atoms with Crippen LogP contribution in [0.15, 0.2) is 12.4 Å². The third kappa shape index (κ3) is 5.82. The van der Waals surface area contributed by atoms with Gasteiger partial charge in [0, 0.05) is 22.6 Å². The first-order valence-corrected chi connectivity index (χ1v) is 8.76. The van der Waals surface area contributed by atoms with Gasteiger partial charge in [0.1, 0.15) is 0 Å². The molecule has 7 heteroatoms. The molecule has 0 aliphatic carbocycles. The molecular formula is C12H21ClN2O3S. The summed E-state index contributed by atoms with van der Waals surface area (Å²) in [7, 11) is 1.79. The second-order valence-corrected chi connectivity index (χ2v) is 8.09. The summed E-state index contributed by atoms with van der Waals surface area (Å²) in [5.41, 5.74) is 0. The zero-order chi connectivity index (χ0) is 14.6. The average Bonchev–Trinajstić information content (AvgIpc) is 2.71. The van der Waals surface area contributed by atoms with Gasteiger partial charge in [-0.25, -0.2) is 8.42 Å². The molecule has 19 heavy (non-hydrogen) atoms. The van der Waals surface area contributed by atoms with Crippen LogP contribution < -0.4 is 4.74 Å². The Labute approximate surface area is 119 Å². The van der Waals surface area contributed by atoms with Gasteiger partial charge in [0.2, 0.25) is 9.05 Å². The van der Waals surface area contributed by atoms with Crippen molar-refractivity contribution >= 4 is 19.7 Å². The Hall–Kier alpha value is -0.750. The molecule has 0 saturated carbocycles. The summed E-state index contributed by atoms with van der Waals surface area (Å²) in [6.07, 6.45) is 3.43. The summed E-state index contributed by atoms with van der Waals surface area (Å²) in [6, 6.07) is 0.265. The van der Waals surface area contributed by atoms with Crippen LogP contribution in [-0.4, -0.2) is 30.6 Å². The van der Waals surface area contributed by atoms with Crippen molar-refractivity contribution in [3.8, 4) is 5.75 Å². The van der Waals surface area contributed by atoms with E-state index in [0.29, 0.717) is 12.4 Å². The van der Waals surface area contributed by atoms with Crippen molar-refractivity contribution in [2.24, 2.45) is 11.8 Å². The van der Waals surface area contributed by atoms with E-state index in [-0.39, 0.29) is 23.6 Å². The normalized spacial score (nSPS) is 14.1. The third-order valence-corrected chi connectivity index (χ3v) is 4.13. The van der Waals surface area contributed by atoms with Crippen LogP contribution in [0.4, 0.5) is 0 Å². The highest BCUT2D eigenvalue weighted by atomic mass is 35.7. The molecule has 1 aromatic rings. The molecule has 1 unspecified atom stereocenters. The molecule has 110 valence electrons. The molecule has 0 N–H and O–H groups in total. The number of hydrogen-bond acceptors (Lipinski definition) is 4. The van der Waals surface area contributed by atoms with Crippen LogP contribution in [0.1, 0.15) is 33.7 Å². The van der Waals surface area contributed by atoms with Crippen molar-refractivity contribution in [3.63, 3.8) is 0 Å². The van der Waals surface area contributed by atoms with Crippen LogP contribution in [0.2, 0.25) is 0 Å². The van der Waals surface area contributed by atoms with E-state index in [1.165, 1.54) is 0 Å². The van der Waals surface area contributed by atoms with E-state index in [0.717, 1.165) is 0 Å². The summed E-state index contributed by atoms with van der Waals surface area (Å²) in [6.45, 7) is 8.26. The quantitative estimate of drug-likeness (QED) is 0.727. The Morgan fingerprint density at radius 1 is 1.37 bits per heavy atom. The van der Waals surface area contributed by atoms with Crippen molar-refractivity contribution in [2.75, 3.05) is 12.4 Å². The van der Waals surface area contributed by atoms with E-state index >= 15 is 0 Å². The molecule has 1 atom stereocenters. The Morgan fingerprint density at radius 2 is 2.00 bits per heavy atom. The van der Waals surface area contributed by atoms with E-state index in [1.807, 2.05) is 27.7 Å². The standard InChI is InChI=1S/C12H21ClN2O3S/c1-9(2)11(8-19(13,16)17)7-18-12-5-14-15(6-12)10(3)4/h5-6,9-11H,7-8H2,1-4H3. The SMILES string of the molecule is CC(C)C(COc1cnn(C(C)C)c1)CS(=O)(=O)Cl. The summed E-state index contributed by atoms with van der Waals surface area (Å²) in [5, 5.41) is 4.16. The van der Waals surface area contributed by atoms with Crippen molar-refractivity contribution in [3.05, 3.63) is 12.4 Å². The van der Waals surface area contributed by atoms with Crippen LogP contribution in [0.5, 0.6) is 5.75 Å². The fourth-order valence-corrected chi connectivity index (χ4v) is 3.05. The topological polar surface area (TPSA) is 61.2 Å². The lowest BCUT2D eigenvalue weighted by molar-refractivity contribution is 0.225. The second-order valence-electron chi connectivity index (χ2n) is 5.27. The molecule has 0 bridgehead atoms. The third-order valence-electron chi connectivity index (χ3n) is 2.93. The Morgan fingerprint density at radius 3 is 2.42 bits per heavy atom. The zero-order valence-electron chi connectivity index (χ0n) is 11.7. The highest BCUT2D eigenvalue weighted by Crippen LogP contribution is 2.19. The van der Waals surface area contributed by atoms with Gasteiger partial charge >= 0.3 is 0 Å². The number of rotatable bonds is 7. The average molecular weight is 309 g/mol. The van der Waals surface area contributed by atoms with Gasteiger partial charge in [0.05, 0.1) is 24.8 Å². The molecule has 0 amide bonds. The first-order chi connectivity index (χ1) is 8.69. The zero-order valence-corrected chi connectivity index (χ0v) is 13.3. The summed E-state index contributed by atoms with van der Waals surface area (Å²) < 4.78 is 29.7. The Bertz CT molecular complexity index is 497. The lowest BCUT2D eigenvalue weighted by Gasteiger charge is -2.19. The number of hydrogen-bond donors (Lipinski definition) is 0. The molecule has 0 aliphatic heterocycles. The van der Waals surface area contributed by atoms with Crippen LogP contribution >= 0.6 is 10.7 Å². The van der Waals surface area contributed by atoms with E-state index in [9.17, 15) is 8.42 Å². The van der Waals surface area contributed by atoms with Crippen LogP contribution in [0, 0.1) is 11.8 Å². The summed E-state index contributed by atoms with van der Waals surface area (Å²) >= 11 is 0. The van der Waals surface area contributed by atoms with Gasteiger partial charge in [-0.3, -0.25) is 4.68 Å². The molecule has 0 radical (unpaired) electrons. The molecule has 0 saturated heterocycles. The van der Waals surface area contributed by atoms with Crippen LogP contribution in [-0.2, 0) is 9.05 Å². The number of aromatic nitrogens is 2. The minimum atomic E-state index is -3.51. The van der Waals surface area contributed by atoms with Gasteiger partial charge < -0.3 is 4.74 Å². The highest BCUT2D eigenvalue weighted by molar-refractivity contribution is 8.13. The lowest BCUT2D eigenvalue weighted by Crippen LogP contribution is -2.24. The summed E-state index contributed by atoms with van der Waals surface area (Å²) in [4.78, 5) is 0. The molecule has 0 fully saturated rings. The highest BCUT2D eigenvalue weighted by Gasteiger charge is 2.21. The molecule has 1 heterocycles. The largest absolute Gasteiger partial charge is 0.490 e. The number of halogens is 1. The fraction of sp³-hybridized carbons (Fsp3) is 0.750. The molecule has 0 spiro atoms. The molecule has 0 aromatic carbocycles. The van der Waals surface area contributed by atoms with E-state index in [1.54, 1.807) is 17.1 Å². The minimum Gasteiger partial charge on any atom is -0.490 e. The van der Waals surface area contributed by atoms with E-state index in [2.05, 4.69) is 5.10 Å². The van der Waals surface area contributed by atoms with Gasteiger partial charge in [0.25, 0.3) is 0 Å². The van der Waals surface area contributed by atoms with Gasteiger partial charge in [-0.05, 0) is 19.8 Å². The number of nitrogens with zero attached hydrogens (tertiary/aromatic N) is 2. The van der Waals surface area contributed by atoms with E-state index < -0.39 is 9.05 Å². The first kappa shape index (κ1) is 16.3.